The second kappa shape index (κ2) is 8.63. The Labute approximate surface area is 195 Å². The van der Waals surface area contributed by atoms with Crippen molar-refractivity contribution in [2.75, 3.05) is 26.9 Å². The van der Waals surface area contributed by atoms with E-state index in [9.17, 15) is 19.1 Å². The van der Waals surface area contributed by atoms with Crippen LogP contribution in [0.2, 0.25) is 0 Å². The standard InChI is InChI=1S/C25H26F2N2O5/c1-28-23(31)15-3-2-13(9-18(15)26)8-14-10-17(21(27)16-4-6-34-22(14)16)24(32)29-19-11-25(19)5-7-33-12-20(25)30/h2-3,9-10,19-20,30H,4-8,11-12H2,1H3,(H,28,31)(H,29,32)/t19?,20-,25?/m0/s1. The van der Waals surface area contributed by atoms with Gasteiger partial charge in [-0.3, -0.25) is 9.59 Å². The SMILES string of the molecule is CNC(=O)c1ccc(Cc2cc(C(=O)NC3CC34CCOC[C@@H]4O)c(F)c3c2OCC3)cc1F. The molecule has 3 atom stereocenters. The van der Waals surface area contributed by atoms with Crippen molar-refractivity contribution in [1.29, 1.82) is 0 Å². The van der Waals surface area contributed by atoms with Crippen LogP contribution < -0.4 is 15.4 Å². The van der Waals surface area contributed by atoms with Crippen molar-refractivity contribution in [1.82, 2.24) is 10.6 Å². The Balaban J connectivity index is 1.40. The van der Waals surface area contributed by atoms with Gasteiger partial charge in [0, 0.05) is 43.5 Å². The van der Waals surface area contributed by atoms with Crippen molar-refractivity contribution in [3.05, 3.63) is 63.7 Å². The summed E-state index contributed by atoms with van der Waals surface area (Å²) >= 11 is 0. The van der Waals surface area contributed by atoms with E-state index in [4.69, 9.17) is 9.47 Å². The van der Waals surface area contributed by atoms with E-state index in [0.29, 0.717) is 54.9 Å². The van der Waals surface area contributed by atoms with Crippen molar-refractivity contribution in [2.24, 2.45) is 5.41 Å². The molecule has 1 saturated carbocycles. The minimum Gasteiger partial charge on any atom is -0.493 e. The van der Waals surface area contributed by atoms with Gasteiger partial charge in [0.25, 0.3) is 11.8 Å². The first kappa shape index (κ1) is 22.7. The molecule has 2 aliphatic heterocycles. The third-order valence-corrected chi connectivity index (χ3v) is 7.20. The fraction of sp³-hybridized carbons (Fsp3) is 0.440. The van der Waals surface area contributed by atoms with E-state index in [-0.39, 0.29) is 30.2 Å². The van der Waals surface area contributed by atoms with E-state index in [1.807, 2.05) is 0 Å². The van der Waals surface area contributed by atoms with Crippen LogP contribution in [0.25, 0.3) is 0 Å². The summed E-state index contributed by atoms with van der Waals surface area (Å²) in [5.74, 6) is -1.97. The summed E-state index contributed by atoms with van der Waals surface area (Å²) in [4.78, 5) is 24.8. The van der Waals surface area contributed by atoms with Gasteiger partial charge < -0.3 is 25.2 Å². The van der Waals surface area contributed by atoms with Gasteiger partial charge in [-0.2, -0.15) is 0 Å². The lowest BCUT2D eigenvalue weighted by molar-refractivity contribution is -0.0577. The molecule has 3 N–H and O–H groups in total. The highest BCUT2D eigenvalue weighted by molar-refractivity contribution is 5.96. The molecule has 2 aromatic rings. The maximum atomic E-state index is 15.3. The zero-order chi connectivity index (χ0) is 24.0. The zero-order valence-corrected chi connectivity index (χ0v) is 18.7. The lowest BCUT2D eigenvalue weighted by atomic mass is 9.92. The molecule has 180 valence electrons. The number of halogens is 2. The monoisotopic (exact) mass is 472 g/mol. The van der Waals surface area contributed by atoms with Gasteiger partial charge >= 0.3 is 0 Å². The summed E-state index contributed by atoms with van der Waals surface area (Å²) in [6, 6.07) is 5.49. The summed E-state index contributed by atoms with van der Waals surface area (Å²) < 4.78 is 40.6. The van der Waals surface area contributed by atoms with Gasteiger partial charge in [0.05, 0.1) is 30.4 Å². The molecule has 5 rings (SSSR count). The molecule has 34 heavy (non-hydrogen) atoms. The van der Waals surface area contributed by atoms with E-state index in [0.717, 1.165) is 0 Å². The van der Waals surface area contributed by atoms with Crippen LogP contribution in [-0.4, -0.2) is 55.9 Å². The van der Waals surface area contributed by atoms with Gasteiger partial charge in [-0.15, -0.1) is 0 Å². The molecule has 1 aliphatic carbocycles. The van der Waals surface area contributed by atoms with Crippen LogP contribution in [-0.2, 0) is 17.6 Å². The summed E-state index contributed by atoms with van der Waals surface area (Å²) in [6.45, 7) is 1.05. The fourth-order valence-corrected chi connectivity index (χ4v) is 5.11. The van der Waals surface area contributed by atoms with Crippen molar-refractivity contribution in [3.63, 3.8) is 0 Å². The third kappa shape index (κ3) is 3.82. The molecule has 1 spiro atoms. The van der Waals surface area contributed by atoms with Gasteiger partial charge in [0.1, 0.15) is 17.4 Å². The number of aliphatic hydroxyl groups is 1. The Kier molecular flexibility index (Phi) is 5.77. The number of hydrogen-bond acceptors (Lipinski definition) is 5. The molecule has 2 aromatic carbocycles. The Morgan fingerprint density at radius 3 is 2.74 bits per heavy atom. The number of carbonyl (C=O) groups excluding carboxylic acids is 2. The topological polar surface area (TPSA) is 96.9 Å². The van der Waals surface area contributed by atoms with Crippen molar-refractivity contribution in [2.45, 2.75) is 37.8 Å². The quantitative estimate of drug-likeness (QED) is 0.620. The van der Waals surface area contributed by atoms with Gasteiger partial charge in [0.2, 0.25) is 0 Å². The van der Waals surface area contributed by atoms with Gasteiger partial charge in [-0.25, -0.2) is 8.78 Å². The maximum absolute atomic E-state index is 15.3. The van der Waals surface area contributed by atoms with Crippen molar-refractivity contribution in [3.8, 4) is 5.75 Å². The number of hydrogen-bond donors (Lipinski definition) is 3. The molecular weight excluding hydrogens is 446 g/mol. The highest BCUT2D eigenvalue weighted by atomic mass is 19.1. The van der Waals surface area contributed by atoms with Crippen LogP contribution in [0.5, 0.6) is 5.75 Å². The number of carbonyl (C=O) groups is 2. The molecule has 0 bridgehead atoms. The predicted octanol–water partition coefficient (Wildman–Crippen LogP) is 2.12. The Hall–Kier alpha value is -3.04. The summed E-state index contributed by atoms with van der Waals surface area (Å²) in [5.41, 5.74) is 0.902. The van der Waals surface area contributed by atoms with Gasteiger partial charge in [-0.05, 0) is 42.2 Å². The second-order valence-electron chi connectivity index (χ2n) is 9.18. The number of ether oxygens (including phenoxy) is 2. The van der Waals surface area contributed by atoms with Crippen LogP contribution >= 0.6 is 0 Å². The lowest BCUT2D eigenvalue weighted by Crippen LogP contribution is -2.41. The third-order valence-electron chi connectivity index (χ3n) is 7.20. The van der Waals surface area contributed by atoms with E-state index in [1.54, 1.807) is 6.07 Å². The van der Waals surface area contributed by atoms with Crippen LogP contribution in [0.15, 0.2) is 24.3 Å². The maximum Gasteiger partial charge on any atom is 0.254 e. The van der Waals surface area contributed by atoms with Crippen LogP contribution in [0.4, 0.5) is 8.78 Å². The van der Waals surface area contributed by atoms with Crippen molar-refractivity contribution < 1.29 is 33.0 Å². The average molecular weight is 472 g/mol. The number of rotatable bonds is 5. The van der Waals surface area contributed by atoms with E-state index >= 15 is 4.39 Å². The number of aliphatic hydroxyl groups excluding tert-OH is 1. The number of nitrogens with one attached hydrogen (secondary N) is 2. The molecule has 2 amide bonds. The number of fused-ring (bicyclic) bond motifs is 1. The number of benzene rings is 2. The minimum atomic E-state index is -0.663. The first-order valence-electron chi connectivity index (χ1n) is 11.4. The van der Waals surface area contributed by atoms with E-state index < -0.39 is 35.0 Å². The molecule has 2 heterocycles. The largest absolute Gasteiger partial charge is 0.493 e. The molecule has 7 nitrogen and oxygen atoms in total. The van der Waals surface area contributed by atoms with E-state index in [2.05, 4.69) is 10.6 Å². The molecule has 0 radical (unpaired) electrons. The number of amides is 2. The predicted molar refractivity (Wildman–Crippen MR) is 118 cm³/mol. The average Bonchev–Trinajstić information content (AvgIpc) is 3.25. The molecule has 1 saturated heterocycles. The lowest BCUT2D eigenvalue weighted by Gasteiger charge is -2.28. The summed E-state index contributed by atoms with van der Waals surface area (Å²) in [6.07, 6.45) is 1.15. The smallest absolute Gasteiger partial charge is 0.254 e. The fourth-order valence-electron chi connectivity index (χ4n) is 5.11. The summed E-state index contributed by atoms with van der Waals surface area (Å²) in [7, 11) is 1.42. The Bertz CT molecular complexity index is 1170. The highest BCUT2D eigenvalue weighted by Crippen LogP contribution is 2.53. The van der Waals surface area contributed by atoms with Crippen LogP contribution in [0.3, 0.4) is 0 Å². The highest BCUT2D eigenvalue weighted by Gasteiger charge is 2.60. The first-order chi connectivity index (χ1) is 16.3. The molecule has 2 fully saturated rings. The molecule has 2 unspecified atom stereocenters. The van der Waals surface area contributed by atoms with Gasteiger partial charge in [0.15, 0.2) is 0 Å². The summed E-state index contributed by atoms with van der Waals surface area (Å²) in [5, 5.41) is 15.6. The van der Waals surface area contributed by atoms with Crippen LogP contribution in [0, 0.1) is 17.0 Å². The van der Waals surface area contributed by atoms with Gasteiger partial charge in [-0.1, -0.05) is 6.07 Å². The molecule has 0 aromatic heterocycles. The Morgan fingerprint density at radius 2 is 2.00 bits per heavy atom. The first-order valence-corrected chi connectivity index (χ1v) is 11.4. The molecule has 9 heteroatoms. The molecule has 3 aliphatic rings. The Morgan fingerprint density at radius 1 is 1.18 bits per heavy atom. The second-order valence-corrected chi connectivity index (χ2v) is 9.18. The van der Waals surface area contributed by atoms with Crippen LogP contribution in [0.1, 0.15) is 50.2 Å². The zero-order valence-electron chi connectivity index (χ0n) is 18.7. The minimum absolute atomic E-state index is 0.0689. The van der Waals surface area contributed by atoms with E-state index in [1.165, 1.54) is 25.2 Å². The normalized spacial score (nSPS) is 24.9. The van der Waals surface area contributed by atoms with Crippen molar-refractivity contribution >= 4 is 11.8 Å². The molecular formula is C25H26F2N2O5.